The minimum atomic E-state index is 0.268. The van der Waals surface area contributed by atoms with Crippen LogP contribution in [0, 0.1) is 32.6 Å². The maximum Gasteiger partial charge on any atom is 0.222 e. The molecule has 3 heterocycles. The molecule has 0 N–H and O–H groups in total. The molecule has 0 bridgehead atoms. The SMILES string of the molecule is Cc1nc2c(c(C)nn2-c2ccccc2)c(C)c1CCC(=O)N1CC(C)CC(C)C1. The molecule has 2 atom stereocenters. The largest absolute Gasteiger partial charge is 0.342 e. The van der Waals surface area contributed by atoms with Gasteiger partial charge in [0.15, 0.2) is 5.65 Å². The molecule has 30 heavy (non-hydrogen) atoms. The van der Waals surface area contributed by atoms with Crippen molar-refractivity contribution in [3.05, 3.63) is 52.8 Å². The summed E-state index contributed by atoms with van der Waals surface area (Å²) in [6.07, 6.45) is 2.49. The number of hydrogen-bond acceptors (Lipinski definition) is 3. The zero-order valence-corrected chi connectivity index (χ0v) is 18.8. The molecule has 4 rings (SSSR count). The number of aryl methyl sites for hydroxylation is 3. The zero-order chi connectivity index (χ0) is 21.4. The summed E-state index contributed by atoms with van der Waals surface area (Å²) in [7, 11) is 0. The number of amides is 1. The second-order valence-electron chi connectivity index (χ2n) is 9.08. The molecule has 3 aromatic rings. The Balaban J connectivity index is 1.61. The van der Waals surface area contributed by atoms with Crippen molar-refractivity contribution in [3.63, 3.8) is 0 Å². The maximum atomic E-state index is 12.9. The van der Waals surface area contributed by atoms with Crippen LogP contribution in [0.5, 0.6) is 0 Å². The van der Waals surface area contributed by atoms with E-state index in [2.05, 4.69) is 32.6 Å². The molecule has 1 aliphatic heterocycles. The van der Waals surface area contributed by atoms with E-state index in [9.17, 15) is 4.79 Å². The summed E-state index contributed by atoms with van der Waals surface area (Å²) in [5.41, 5.74) is 6.26. The van der Waals surface area contributed by atoms with E-state index in [-0.39, 0.29) is 5.91 Å². The lowest BCUT2D eigenvalue weighted by atomic mass is 9.91. The highest BCUT2D eigenvalue weighted by Crippen LogP contribution is 2.29. The first-order valence-corrected chi connectivity index (χ1v) is 11.0. The number of pyridine rings is 1. The zero-order valence-electron chi connectivity index (χ0n) is 18.8. The second-order valence-corrected chi connectivity index (χ2v) is 9.08. The van der Waals surface area contributed by atoms with Crippen molar-refractivity contribution in [1.82, 2.24) is 19.7 Å². The van der Waals surface area contributed by atoms with E-state index in [1.807, 2.05) is 41.9 Å². The number of likely N-dealkylation sites (tertiary alicyclic amines) is 1. The fourth-order valence-electron chi connectivity index (χ4n) is 5.08. The predicted molar refractivity (Wildman–Crippen MR) is 121 cm³/mol. The van der Waals surface area contributed by atoms with Gasteiger partial charge in [-0.05, 0) is 68.7 Å². The van der Waals surface area contributed by atoms with E-state index >= 15 is 0 Å². The van der Waals surface area contributed by atoms with Crippen molar-refractivity contribution >= 4 is 16.9 Å². The van der Waals surface area contributed by atoms with Crippen LogP contribution in [0.15, 0.2) is 30.3 Å². The molecule has 2 aromatic heterocycles. The average molecular weight is 405 g/mol. The molecule has 0 spiro atoms. The fourth-order valence-corrected chi connectivity index (χ4v) is 5.08. The third-order valence-electron chi connectivity index (χ3n) is 6.39. The minimum absolute atomic E-state index is 0.268. The Morgan fingerprint density at radius 1 is 1.03 bits per heavy atom. The number of nitrogens with zero attached hydrogens (tertiary/aromatic N) is 4. The molecule has 1 aliphatic rings. The summed E-state index contributed by atoms with van der Waals surface area (Å²) in [6.45, 7) is 12.5. The number of aromatic nitrogens is 3. The second kappa shape index (κ2) is 8.21. The van der Waals surface area contributed by atoms with Gasteiger partial charge < -0.3 is 4.90 Å². The van der Waals surface area contributed by atoms with Crippen molar-refractivity contribution < 1.29 is 4.79 Å². The molecular formula is C25H32N4O. The van der Waals surface area contributed by atoms with Crippen molar-refractivity contribution in [2.75, 3.05) is 13.1 Å². The Morgan fingerprint density at radius 3 is 2.37 bits per heavy atom. The highest BCUT2D eigenvalue weighted by atomic mass is 16.2. The Labute approximate surface area is 179 Å². The molecule has 5 heteroatoms. The summed E-state index contributed by atoms with van der Waals surface area (Å²) in [5.74, 6) is 1.44. The standard InChI is InChI=1S/C25H32N4O/c1-16-13-17(2)15-28(14-16)23(30)12-11-22-18(3)24-20(5)27-29(25(24)26-19(22)4)21-9-7-6-8-10-21/h6-10,16-17H,11-15H2,1-5H3. The average Bonchev–Trinajstić information content (AvgIpc) is 3.03. The van der Waals surface area contributed by atoms with E-state index in [1.165, 1.54) is 17.5 Å². The predicted octanol–water partition coefficient (Wildman–Crippen LogP) is 4.78. The molecule has 2 unspecified atom stereocenters. The van der Waals surface area contributed by atoms with Crippen LogP contribution < -0.4 is 0 Å². The molecule has 1 aromatic carbocycles. The maximum absolute atomic E-state index is 12.9. The number of carbonyl (C=O) groups is 1. The van der Waals surface area contributed by atoms with Crippen LogP contribution in [-0.4, -0.2) is 38.7 Å². The molecule has 1 saturated heterocycles. The van der Waals surface area contributed by atoms with Gasteiger partial charge in [-0.25, -0.2) is 9.67 Å². The van der Waals surface area contributed by atoms with Crippen molar-refractivity contribution in [2.45, 2.75) is 53.9 Å². The van der Waals surface area contributed by atoms with E-state index in [0.717, 1.165) is 47.6 Å². The highest BCUT2D eigenvalue weighted by molar-refractivity contribution is 5.85. The Hall–Kier alpha value is -2.69. The third-order valence-corrected chi connectivity index (χ3v) is 6.39. The van der Waals surface area contributed by atoms with Gasteiger partial charge in [-0.3, -0.25) is 4.79 Å². The van der Waals surface area contributed by atoms with Crippen molar-refractivity contribution in [2.24, 2.45) is 11.8 Å². The Kier molecular flexibility index (Phi) is 5.63. The van der Waals surface area contributed by atoms with Gasteiger partial charge in [0.25, 0.3) is 0 Å². The van der Waals surface area contributed by atoms with E-state index < -0.39 is 0 Å². The molecule has 1 fully saturated rings. The number of hydrogen-bond donors (Lipinski definition) is 0. The van der Waals surface area contributed by atoms with Crippen LogP contribution in [0.1, 0.15) is 49.2 Å². The molecule has 5 nitrogen and oxygen atoms in total. The normalized spacial score (nSPS) is 19.4. The van der Waals surface area contributed by atoms with Gasteiger partial charge >= 0.3 is 0 Å². The number of benzene rings is 1. The first-order valence-electron chi connectivity index (χ1n) is 11.0. The first-order chi connectivity index (χ1) is 14.3. The molecular weight excluding hydrogens is 372 g/mol. The number of rotatable bonds is 4. The number of piperidine rings is 1. The van der Waals surface area contributed by atoms with Gasteiger partial charge in [0, 0.05) is 30.6 Å². The molecule has 1 amide bonds. The summed E-state index contributed by atoms with van der Waals surface area (Å²) in [6, 6.07) is 10.1. The third kappa shape index (κ3) is 3.85. The van der Waals surface area contributed by atoms with Crippen molar-refractivity contribution in [1.29, 1.82) is 0 Å². The molecule has 0 saturated carbocycles. The highest BCUT2D eigenvalue weighted by Gasteiger charge is 2.25. The number of carbonyl (C=O) groups excluding carboxylic acids is 1. The lowest BCUT2D eigenvalue weighted by Crippen LogP contribution is -2.42. The van der Waals surface area contributed by atoms with Crippen molar-refractivity contribution in [3.8, 4) is 5.69 Å². The van der Waals surface area contributed by atoms with Crippen LogP contribution >= 0.6 is 0 Å². The molecule has 0 radical (unpaired) electrons. The van der Waals surface area contributed by atoms with Gasteiger partial charge in [0.1, 0.15) is 0 Å². The van der Waals surface area contributed by atoms with E-state index in [1.54, 1.807) is 0 Å². The first kappa shape index (κ1) is 20.6. The van der Waals surface area contributed by atoms with Crippen LogP contribution in [0.25, 0.3) is 16.7 Å². The lowest BCUT2D eigenvalue weighted by molar-refractivity contribution is -0.133. The Morgan fingerprint density at radius 2 is 1.70 bits per heavy atom. The number of fused-ring (bicyclic) bond motifs is 1. The number of para-hydroxylation sites is 1. The topological polar surface area (TPSA) is 51.0 Å². The molecule has 158 valence electrons. The minimum Gasteiger partial charge on any atom is -0.342 e. The van der Waals surface area contributed by atoms with Gasteiger partial charge in [0.2, 0.25) is 5.91 Å². The van der Waals surface area contributed by atoms with Gasteiger partial charge in [0.05, 0.1) is 11.4 Å². The smallest absolute Gasteiger partial charge is 0.222 e. The summed E-state index contributed by atoms with van der Waals surface area (Å²) >= 11 is 0. The molecule has 0 aliphatic carbocycles. The fraction of sp³-hybridized carbons (Fsp3) is 0.480. The lowest BCUT2D eigenvalue weighted by Gasteiger charge is -2.35. The summed E-state index contributed by atoms with van der Waals surface area (Å²) in [5, 5.41) is 5.87. The van der Waals surface area contributed by atoms with Crippen LogP contribution in [0.2, 0.25) is 0 Å². The Bertz CT molecular complexity index is 1060. The summed E-state index contributed by atoms with van der Waals surface area (Å²) in [4.78, 5) is 19.9. The van der Waals surface area contributed by atoms with Crippen LogP contribution in [0.3, 0.4) is 0 Å². The van der Waals surface area contributed by atoms with Gasteiger partial charge in [-0.2, -0.15) is 5.10 Å². The van der Waals surface area contributed by atoms with Gasteiger partial charge in [-0.1, -0.05) is 32.0 Å². The monoisotopic (exact) mass is 404 g/mol. The van der Waals surface area contributed by atoms with Gasteiger partial charge in [-0.15, -0.1) is 0 Å². The van der Waals surface area contributed by atoms with E-state index in [4.69, 9.17) is 10.1 Å². The van der Waals surface area contributed by atoms with Crippen LogP contribution in [-0.2, 0) is 11.2 Å². The quantitative estimate of drug-likeness (QED) is 0.629. The van der Waals surface area contributed by atoms with Crippen LogP contribution in [0.4, 0.5) is 0 Å². The summed E-state index contributed by atoms with van der Waals surface area (Å²) < 4.78 is 1.93. The van der Waals surface area contributed by atoms with E-state index in [0.29, 0.717) is 18.3 Å².